The van der Waals surface area contributed by atoms with Crippen LogP contribution in [0.4, 0.5) is 0 Å². The zero-order valence-corrected chi connectivity index (χ0v) is 19.8. The van der Waals surface area contributed by atoms with Crippen molar-refractivity contribution in [3.8, 4) is 0 Å². The third kappa shape index (κ3) is 10.8. The van der Waals surface area contributed by atoms with Gasteiger partial charge in [-0.15, -0.1) is 0 Å². The molecule has 0 fully saturated rings. The maximum absolute atomic E-state index is 2.50. The smallest absolute Gasteiger partial charge is 0.0619 e. The average Bonchev–Trinajstić information content (AvgIpc) is 2.44. The molecule has 0 aromatic carbocycles. The molecule has 0 aliphatic rings. The number of hydrogen-bond donors (Lipinski definition) is 0. The van der Waals surface area contributed by atoms with Crippen molar-refractivity contribution in [2.75, 3.05) is 24.6 Å². The summed E-state index contributed by atoms with van der Waals surface area (Å²) in [4.78, 5) is 0. The van der Waals surface area contributed by atoms with Gasteiger partial charge in [-0.3, -0.25) is 0 Å². The highest BCUT2D eigenvalue weighted by atomic mass is 127. The fraction of sp³-hybridized carbons (Fsp3) is 1.00. The van der Waals surface area contributed by atoms with Gasteiger partial charge in [-0.1, -0.05) is 74.7 Å². The molecule has 3 unspecified atom stereocenters. The van der Waals surface area contributed by atoms with E-state index in [0.29, 0.717) is 0 Å². The van der Waals surface area contributed by atoms with Crippen LogP contribution in [-0.4, -0.2) is 24.6 Å². The molecule has 2 heteroatoms. The van der Waals surface area contributed by atoms with Crippen LogP contribution < -0.4 is 24.0 Å². The van der Waals surface area contributed by atoms with E-state index in [-0.39, 0.29) is 24.0 Å². The Morgan fingerprint density at radius 2 is 0.955 bits per heavy atom. The summed E-state index contributed by atoms with van der Waals surface area (Å²) in [5, 5.41) is 0. The largest absolute Gasteiger partial charge is 1.00 e. The molecule has 22 heavy (non-hydrogen) atoms. The lowest BCUT2D eigenvalue weighted by Gasteiger charge is -2.34. The standard InChI is InChI=1S/C20H44P.HI/c1-9-18(6)14-21(13-12-17(4)5,15-19(7)10-2)16-20(8)11-3;/h17-20H,9-16H2,1-8H3;1H/q+1;/p-1. The summed E-state index contributed by atoms with van der Waals surface area (Å²) in [6, 6.07) is 0. The minimum atomic E-state index is -0.768. The van der Waals surface area contributed by atoms with Crippen molar-refractivity contribution in [3.63, 3.8) is 0 Å². The van der Waals surface area contributed by atoms with E-state index in [1.807, 2.05) is 0 Å². The Bertz CT molecular complexity index is 221. The summed E-state index contributed by atoms with van der Waals surface area (Å²) >= 11 is 0. The summed E-state index contributed by atoms with van der Waals surface area (Å²) in [6.07, 6.45) is 11.8. The lowest BCUT2D eigenvalue weighted by atomic mass is 10.1. The Morgan fingerprint density at radius 1 is 0.636 bits per heavy atom. The SMILES string of the molecule is CCC(C)C[P+](CCC(C)C)(CC(C)CC)CC(C)CC.[I-]. The van der Waals surface area contributed by atoms with Gasteiger partial charge in [-0.25, -0.2) is 0 Å². The second kappa shape index (κ2) is 13.5. The first-order valence-electron chi connectivity index (χ1n) is 9.63. The number of halogens is 1. The predicted molar refractivity (Wildman–Crippen MR) is 104 cm³/mol. The molecule has 136 valence electrons. The Labute approximate surface area is 160 Å². The van der Waals surface area contributed by atoms with Crippen LogP contribution in [0.2, 0.25) is 0 Å². The molecule has 0 saturated carbocycles. The van der Waals surface area contributed by atoms with Crippen LogP contribution in [0.25, 0.3) is 0 Å². The monoisotopic (exact) mass is 442 g/mol. The highest BCUT2D eigenvalue weighted by molar-refractivity contribution is 7.75. The number of hydrogen-bond acceptors (Lipinski definition) is 0. The zero-order chi connectivity index (χ0) is 16.5. The molecule has 0 aromatic rings. The summed E-state index contributed by atoms with van der Waals surface area (Å²) < 4.78 is 0. The summed E-state index contributed by atoms with van der Waals surface area (Å²) in [5.41, 5.74) is 0. The predicted octanol–water partition coefficient (Wildman–Crippen LogP) is 4.19. The normalized spacial score (nSPS) is 18.4. The van der Waals surface area contributed by atoms with Crippen molar-refractivity contribution >= 4 is 7.26 Å². The Balaban J connectivity index is 0. The Morgan fingerprint density at radius 3 is 1.18 bits per heavy atom. The van der Waals surface area contributed by atoms with Gasteiger partial charge in [0.15, 0.2) is 0 Å². The van der Waals surface area contributed by atoms with Crippen LogP contribution in [0.1, 0.15) is 81.1 Å². The lowest BCUT2D eigenvalue weighted by Crippen LogP contribution is -3.00. The first-order valence-corrected chi connectivity index (χ1v) is 12.2. The van der Waals surface area contributed by atoms with Gasteiger partial charge in [0, 0.05) is 7.26 Å². The fourth-order valence-corrected chi connectivity index (χ4v) is 10.2. The first kappa shape index (κ1) is 25.4. The summed E-state index contributed by atoms with van der Waals surface area (Å²) in [6.45, 7) is 19.5. The third-order valence-electron chi connectivity index (χ3n) is 5.37. The topological polar surface area (TPSA) is 0 Å². The second-order valence-corrected chi connectivity index (χ2v) is 12.6. The van der Waals surface area contributed by atoms with Gasteiger partial charge >= 0.3 is 0 Å². The van der Waals surface area contributed by atoms with Crippen molar-refractivity contribution in [2.45, 2.75) is 81.1 Å². The molecular formula is C20H44IP. The van der Waals surface area contributed by atoms with E-state index < -0.39 is 7.26 Å². The summed E-state index contributed by atoms with van der Waals surface area (Å²) in [7, 11) is -0.768. The quantitative estimate of drug-likeness (QED) is 0.314. The molecule has 0 N–H and O–H groups in total. The van der Waals surface area contributed by atoms with Gasteiger partial charge in [0.2, 0.25) is 0 Å². The highest BCUT2D eigenvalue weighted by Gasteiger charge is 2.40. The van der Waals surface area contributed by atoms with Crippen LogP contribution in [0, 0.1) is 23.7 Å². The third-order valence-corrected chi connectivity index (χ3v) is 10.8. The molecule has 0 aliphatic heterocycles. The van der Waals surface area contributed by atoms with Gasteiger partial charge in [-0.2, -0.15) is 0 Å². The van der Waals surface area contributed by atoms with Gasteiger partial charge in [-0.05, 0) is 30.1 Å². The Hall–Kier alpha value is 1.16. The molecule has 0 amide bonds. The molecule has 3 atom stereocenters. The van der Waals surface area contributed by atoms with Crippen molar-refractivity contribution < 1.29 is 24.0 Å². The molecule has 0 bridgehead atoms. The highest BCUT2D eigenvalue weighted by Crippen LogP contribution is 2.63. The lowest BCUT2D eigenvalue weighted by molar-refractivity contribution is -0.00000537. The van der Waals surface area contributed by atoms with Crippen LogP contribution in [0.5, 0.6) is 0 Å². The van der Waals surface area contributed by atoms with E-state index in [4.69, 9.17) is 0 Å². The molecule has 0 aliphatic carbocycles. The van der Waals surface area contributed by atoms with Gasteiger partial charge in [0.1, 0.15) is 0 Å². The molecule has 0 saturated heterocycles. The van der Waals surface area contributed by atoms with Crippen LogP contribution in [0.15, 0.2) is 0 Å². The van der Waals surface area contributed by atoms with Crippen LogP contribution in [0.3, 0.4) is 0 Å². The van der Waals surface area contributed by atoms with Crippen molar-refractivity contribution in [1.29, 1.82) is 0 Å². The molecule has 0 radical (unpaired) electrons. The molecule has 0 heterocycles. The second-order valence-electron chi connectivity index (χ2n) is 8.34. The van der Waals surface area contributed by atoms with Crippen molar-refractivity contribution in [2.24, 2.45) is 23.7 Å². The molecule has 0 nitrogen and oxygen atoms in total. The average molecular weight is 442 g/mol. The van der Waals surface area contributed by atoms with Crippen molar-refractivity contribution in [1.82, 2.24) is 0 Å². The fourth-order valence-electron chi connectivity index (χ4n) is 3.40. The molecule has 0 aromatic heterocycles. The van der Waals surface area contributed by atoms with Gasteiger partial charge in [0.05, 0.1) is 24.6 Å². The van der Waals surface area contributed by atoms with Gasteiger partial charge in [0.25, 0.3) is 0 Å². The van der Waals surface area contributed by atoms with Gasteiger partial charge < -0.3 is 24.0 Å². The van der Waals surface area contributed by atoms with E-state index in [2.05, 4.69) is 55.4 Å². The number of rotatable bonds is 12. The van der Waals surface area contributed by atoms with E-state index >= 15 is 0 Å². The summed E-state index contributed by atoms with van der Waals surface area (Å²) in [5.74, 6) is 3.66. The van der Waals surface area contributed by atoms with Crippen LogP contribution >= 0.6 is 7.26 Å². The Kier molecular flexibility index (Phi) is 15.5. The van der Waals surface area contributed by atoms with E-state index in [9.17, 15) is 0 Å². The maximum atomic E-state index is 2.50. The first-order chi connectivity index (χ1) is 9.78. The van der Waals surface area contributed by atoms with E-state index in [1.54, 1.807) is 24.6 Å². The van der Waals surface area contributed by atoms with E-state index in [1.165, 1.54) is 25.7 Å². The minimum Gasteiger partial charge on any atom is -1.00 e. The molecule has 0 rings (SSSR count). The molecule has 0 spiro atoms. The minimum absolute atomic E-state index is 0. The van der Waals surface area contributed by atoms with Crippen molar-refractivity contribution in [3.05, 3.63) is 0 Å². The van der Waals surface area contributed by atoms with E-state index in [0.717, 1.165) is 23.7 Å². The zero-order valence-electron chi connectivity index (χ0n) is 16.8. The maximum Gasteiger partial charge on any atom is 0.0619 e. The van der Waals surface area contributed by atoms with Crippen LogP contribution in [-0.2, 0) is 0 Å². The molecular weight excluding hydrogens is 398 g/mol.